The van der Waals surface area contributed by atoms with Crippen molar-refractivity contribution in [2.75, 3.05) is 20.1 Å². The molecule has 1 aromatic carbocycles. The molecule has 1 aromatic rings. The lowest BCUT2D eigenvalue weighted by atomic mass is 9.96. The second-order valence-corrected chi connectivity index (χ2v) is 6.85. The topological polar surface area (TPSA) is 49.5 Å². The third kappa shape index (κ3) is 4.05. The first-order valence-electron chi connectivity index (χ1n) is 7.60. The number of aryl methyl sites for hydroxylation is 1. The summed E-state index contributed by atoms with van der Waals surface area (Å²) in [6, 6.07) is 9.38. The number of hydrogen-bond donors (Lipinski definition) is 2. The van der Waals surface area contributed by atoms with Crippen LogP contribution in [0.2, 0.25) is 0 Å². The summed E-state index contributed by atoms with van der Waals surface area (Å²) in [4.78, 5) is 2.41. The molecule has 1 fully saturated rings. The van der Waals surface area contributed by atoms with E-state index in [1.165, 1.54) is 11.1 Å². The largest absolute Gasteiger partial charge is 0.390 e. The van der Waals surface area contributed by atoms with Gasteiger partial charge in [-0.05, 0) is 63.7 Å². The van der Waals surface area contributed by atoms with Crippen molar-refractivity contribution in [2.45, 2.75) is 44.8 Å². The van der Waals surface area contributed by atoms with Crippen LogP contribution in [0, 0.1) is 5.92 Å². The quantitative estimate of drug-likeness (QED) is 0.868. The van der Waals surface area contributed by atoms with Crippen LogP contribution in [-0.4, -0.2) is 35.7 Å². The van der Waals surface area contributed by atoms with E-state index in [2.05, 4.69) is 36.2 Å². The van der Waals surface area contributed by atoms with Crippen LogP contribution in [0.15, 0.2) is 24.3 Å². The van der Waals surface area contributed by atoms with Gasteiger partial charge in [-0.1, -0.05) is 24.3 Å². The predicted octanol–water partition coefficient (Wildman–Crippen LogP) is 2.34. The number of nitrogens with zero attached hydrogens (tertiary/aromatic N) is 1. The number of likely N-dealkylation sites (tertiary alicyclic amines) is 1. The molecule has 0 aromatic heterocycles. The first kappa shape index (κ1) is 15.5. The summed E-state index contributed by atoms with van der Waals surface area (Å²) in [6.45, 7) is 5.61. The Hall–Kier alpha value is -0.900. The van der Waals surface area contributed by atoms with Crippen molar-refractivity contribution < 1.29 is 5.11 Å². The molecule has 0 bridgehead atoms. The van der Waals surface area contributed by atoms with E-state index in [1.54, 1.807) is 0 Å². The summed E-state index contributed by atoms with van der Waals surface area (Å²) in [5, 5.41) is 9.78. The van der Waals surface area contributed by atoms with Gasteiger partial charge in [-0.25, -0.2) is 0 Å². The van der Waals surface area contributed by atoms with Gasteiger partial charge in [-0.2, -0.15) is 0 Å². The molecule has 3 nitrogen and oxygen atoms in total. The van der Waals surface area contributed by atoms with E-state index in [0.717, 1.165) is 32.4 Å². The zero-order valence-corrected chi connectivity index (χ0v) is 13.0. The molecule has 0 radical (unpaired) electrons. The van der Waals surface area contributed by atoms with Gasteiger partial charge < -0.3 is 10.8 Å². The van der Waals surface area contributed by atoms with Gasteiger partial charge in [-0.3, -0.25) is 4.90 Å². The number of hydrogen-bond acceptors (Lipinski definition) is 3. The monoisotopic (exact) mass is 276 g/mol. The van der Waals surface area contributed by atoms with Crippen molar-refractivity contribution in [3.05, 3.63) is 35.4 Å². The van der Waals surface area contributed by atoms with Crippen molar-refractivity contribution in [1.29, 1.82) is 0 Å². The van der Waals surface area contributed by atoms with Crippen LogP contribution in [-0.2, 0) is 6.42 Å². The van der Waals surface area contributed by atoms with Crippen LogP contribution < -0.4 is 5.73 Å². The molecule has 2 atom stereocenters. The molecule has 1 aliphatic heterocycles. The van der Waals surface area contributed by atoms with E-state index in [1.807, 2.05) is 13.8 Å². The minimum Gasteiger partial charge on any atom is -0.390 e. The molecule has 112 valence electrons. The molecular weight excluding hydrogens is 248 g/mol. The molecule has 1 saturated heterocycles. The fourth-order valence-corrected chi connectivity index (χ4v) is 3.02. The third-order valence-corrected chi connectivity index (χ3v) is 4.36. The molecular formula is C17H28N2O. The summed E-state index contributed by atoms with van der Waals surface area (Å²) >= 11 is 0. The maximum Gasteiger partial charge on any atom is 0.0594 e. The fraction of sp³-hybridized carbons (Fsp3) is 0.647. The molecule has 1 aliphatic rings. The lowest BCUT2D eigenvalue weighted by Gasteiger charge is -2.20. The van der Waals surface area contributed by atoms with Gasteiger partial charge in [-0.15, -0.1) is 0 Å². The summed E-state index contributed by atoms with van der Waals surface area (Å²) in [5.41, 5.74) is 7.89. The minimum absolute atomic E-state index is 0.506. The molecule has 2 rings (SSSR count). The highest BCUT2D eigenvalue weighted by atomic mass is 16.3. The summed E-state index contributed by atoms with van der Waals surface area (Å²) in [6.07, 6.45) is 2.89. The van der Waals surface area contributed by atoms with Crippen molar-refractivity contribution in [1.82, 2.24) is 4.90 Å². The molecule has 1 heterocycles. The number of aliphatic hydroxyl groups is 1. The summed E-state index contributed by atoms with van der Waals surface area (Å²) < 4.78 is 0. The van der Waals surface area contributed by atoms with E-state index in [0.29, 0.717) is 12.0 Å². The molecule has 0 spiro atoms. The minimum atomic E-state index is -0.585. The zero-order chi connectivity index (χ0) is 14.8. The molecule has 3 N–H and O–H groups in total. The maximum atomic E-state index is 9.78. The Bertz CT molecular complexity index is 422. The highest BCUT2D eigenvalue weighted by molar-refractivity contribution is 5.26. The first-order valence-corrected chi connectivity index (χ1v) is 7.60. The van der Waals surface area contributed by atoms with E-state index >= 15 is 0 Å². The van der Waals surface area contributed by atoms with Gasteiger partial charge in [0.25, 0.3) is 0 Å². The molecule has 0 saturated carbocycles. The second kappa shape index (κ2) is 6.25. The second-order valence-electron chi connectivity index (χ2n) is 6.85. The molecule has 0 amide bonds. The van der Waals surface area contributed by atoms with Gasteiger partial charge in [0.15, 0.2) is 0 Å². The van der Waals surface area contributed by atoms with Gasteiger partial charge in [0.1, 0.15) is 0 Å². The first-order chi connectivity index (χ1) is 9.39. The SMILES string of the molecule is CN1CC(CN)CC1c1ccc(CCC(C)(C)O)cc1. The maximum absolute atomic E-state index is 9.78. The Morgan fingerprint density at radius 2 is 1.95 bits per heavy atom. The Balaban J connectivity index is 1.98. The Kier molecular flexibility index (Phi) is 4.84. The van der Waals surface area contributed by atoms with Crippen LogP contribution >= 0.6 is 0 Å². The lowest BCUT2D eigenvalue weighted by Crippen LogP contribution is -2.20. The van der Waals surface area contributed by atoms with Gasteiger partial charge in [0.2, 0.25) is 0 Å². The van der Waals surface area contributed by atoms with Gasteiger partial charge >= 0.3 is 0 Å². The van der Waals surface area contributed by atoms with Crippen LogP contribution in [0.5, 0.6) is 0 Å². The van der Waals surface area contributed by atoms with Crippen molar-refractivity contribution in [3.8, 4) is 0 Å². The Morgan fingerprint density at radius 1 is 1.30 bits per heavy atom. The molecule has 20 heavy (non-hydrogen) atoms. The van der Waals surface area contributed by atoms with Crippen LogP contribution in [0.4, 0.5) is 0 Å². The summed E-state index contributed by atoms with van der Waals surface area (Å²) in [5.74, 6) is 0.625. The lowest BCUT2D eigenvalue weighted by molar-refractivity contribution is 0.0714. The van der Waals surface area contributed by atoms with Crippen LogP contribution in [0.1, 0.15) is 43.9 Å². The highest BCUT2D eigenvalue weighted by Gasteiger charge is 2.29. The van der Waals surface area contributed by atoms with Gasteiger partial charge in [0.05, 0.1) is 5.60 Å². The van der Waals surface area contributed by atoms with E-state index in [4.69, 9.17) is 5.73 Å². The van der Waals surface area contributed by atoms with E-state index < -0.39 is 5.60 Å². The van der Waals surface area contributed by atoms with Crippen molar-refractivity contribution >= 4 is 0 Å². The van der Waals surface area contributed by atoms with Crippen molar-refractivity contribution in [2.24, 2.45) is 11.7 Å². The molecule has 0 aliphatic carbocycles. The normalized spacial score (nSPS) is 24.2. The van der Waals surface area contributed by atoms with Crippen molar-refractivity contribution in [3.63, 3.8) is 0 Å². The average molecular weight is 276 g/mol. The fourth-order valence-electron chi connectivity index (χ4n) is 3.02. The van der Waals surface area contributed by atoms with E-state index in [9.17, 15) is 5.11 Å². The smallest absolute Gasteiger partial charge is 0.0594 e. The summed E-state index contributed by atoms with van der Waals surface area (Å²) in [7, 11) is 2.18. The molecule has 3 heteroatoms. The Morgan fingerprint density at radius 3 is 2.45 bits per heavy atom. The van der Waals surface area contributed by atoms with E-state index in [-0.39, 0.29) is 0 Å². The highest BCUT2D eigenvalue weighted by Crippen LogP contribution is 2.33. The predicted molar refractivity (Wildman–Crippen MR) is 83.6 cm³/mol. The third-order valence-electron chi connectivity index (χ3n) is 4.36. The zero-order valence-electron chi connectivity index (χ0n) is 13.0. The molecule has 2 unspecified atom stereocenters. The standard InChI is InChI=1S/C17H28N2O/c1-17(2,20)9-8-13-4-6-15(7-5-13)16-10-14(11-18)12-19(16)3/h4-7,14,16,20H,8-12,18H2,1-3H3. The van der Waals surface area contributed by atoms with Crippen LogP contribution in [0.25, 0.3) is 0 Å². The van der Waals surface area contributed by atoms with Crippen LogP contribution in [0.3, 0.4) is 0 Å². The average Bonchev–Trinajstić information content (AvgIpc) is 2.77. The Labute approximate surface area is 122 Å². The number of nitrogens with two attached hydrogens (primary N) is 1. The van der Waals surface area contributed by atoms with Gasteiger partial charge in [0, 0.05) is 12.6 Å². The number of rotatable bonds is 5. The number of benzene rings is 1.